The Morgan fingerprint density at radius 3 is 1.24 bits per heavy atom. The molecule has 0 N–H and O–H groups in total. The summed E-state index contributed by atoms with van der Waals surface area (Å²) < 4.78 is 2.41. The van der Waals surface area contributed by atoms with E-state index in [2.05, 4.69) is 294 Å². The molecule has 0 atom stereocenters. The maximum atomic E-state index is 2.60. The molecule has 2 aliphatic rings. The molecule has 74 heavy (non-hydrogen) atoms. The summed E-state index contributed by atoms with van der Waals surface area (Å²) in [7, 11) is 2.24. The van der Waals surface area contributed by atoms with Gasteiger partial charge in [0.25, 0.3) is 6.71 Å². The lowest BCUT2D eigenvalue weighted by Crippen LogP contribution is -2.61. The Balaban J connectivity index is 1.23. The van der Waals surface area contributed by atoms with Gasteiger partial charge in [0.1, 0.15) is 0 Å². The van der Waals surface area contributed by atoms with Gasteiger partial charge in [-0.3, -0.25) is 0 Å². The summed E-state index contributed by atoms with van der Waals surface area (Å²) in [6, 6.07) is 63.5. The van der Waals surface area contributed by atoms with E-state index in [1.807, 2.05) is 0 Å². The van der Waals surface area contributed by atoms with Crippen molar-refractivity contribution in [1.29, 1.82) is 0 Å². The Kier molecular flexibility index (Phi) is 11.3. The zero-order chi connectivity index (χ0) is 52.6. The largest absolute Gasteiger partial charge is 0.343 e. The molecule has 0 spiro atoms. The summed E-state index contributed by atoms with van der Waals surface area (Å²) >= 11 is 0. The summed E-state index contributed by atoms with van der Waals surface area (Å²) in [5.41, 5.74) is 23.5. The number of rotatable bonds is 5. The summed E-state index contributed by atoms with van der Waals surface area (Å²) in [5, 5.41) is 2.47. The van der Waals surface area contributed by atoms with Crippen molar-refractivity contribution in [2.24, 2.45) is 7.05 Å². The minimum Gasteiger partial charge on any atom is -0.343 e. The van der Waals surface area contributed by atoms with Crippen LogP contribution in [0.1, 0.15) is 132 Å². The van der Waals surface area contributed by atoms with Crippen LogP contribution in [0.25, 0.3) is 21.8 Å². The fourth-order valence-electron chi connectivity index (χ4n) is 11.7. The van der Waals surface area contributed by atoms with Gasteiger partial charge in [-0.15, -0.1) is 0 Å². The van der Waals surface area contributed by atoms with E-state index in [1.165, 1.54) is 94.4 Å². The predicted octanol–water partition coefficient (Wildman–Crippen LogP) is 17.4. The summed E-state index contributed by atoms with van der Waals surface area (Å²) in [6.07, 6.45) is 0. The normalized spacial score (nSPS) is 13.9. The molecular formula is C69H75BN4. The molecule has 2 aliphatic heterocycles. The van der Waals surface area contributed by atoms with Crippen LogP contribution < -0.4 is 31.1 Å². The lowest BCUT2D eigenvalue weighted by Gasteiger charge is -2.45. The average Bonchev–Trinajstić information content (AvgIpc) is 3.63. The zero-order valence-corrected chi connectivity index (χ0v) is 47.0. The van der Waals surface area contributed by atoms with E-state index >= 15 is 0 Å². The van der Waals surface area contributed by atoms with Crippen molar-refractivity contribution in [3.8, 4) is 0 Å². The van der Waals surface area contributed by atoms with Crippen molar-refractivity contribution < 1.29 is 0 Å². The lowest BCUT2D eigenvalue weighted by atomic mass is 9.33. The molecule has 9 aromatic rings. The first-order valence-corrected chi connectivity index (χ1v) is 26.9. The number of fused-ring (bicyclic) bond motifs is 7. The van der Waals surface area contributed by atoms with E-state index < -0.39 is 0 Å². The number of benzene rings is 8. The number of hydrogen-bond donors (Lipinski definition) is 0. The second-order valence-electron chi connectivity index (χ2n) is 26.5. The molecule has 0 bridgehead atoms. The van der Waals surface area contributed by atoms with Gasteiger partial charge in [-0.05, 0) is 150 Å². The second kappa shape index (κ2) is 17.0. The molecule has 0 saturated carbocycles. The molecule has 0 radical (unpaired) electrons. The highest BCUT2D eigenvalue weighted by Crippen LogP contribution is 2.50. The molecule has 8 aromatic carbocycles. The van der Waals surface area contributed by atoms with Crippen LogP contribution in [0, 0.1) is 0 Å². The van der Waals surface area contributed by atoms with Crippen LogP contribution in [-0.4, -0.2) is 11.3 Å². The highest BCUT2D eigenvalue weighted by molar-refractivity contribution is 7.00. The van der Waals surface area contributed by atoms with Crippen LogP contribution >= 0.6 is 0 Å². The Hall–Kier alpha value is -6.98. The van der Waals surface area contributed by atoms with Gasteiger partial charge in [-0.1, -0.05) is 189 Å². The van der Waals surface area contributed by atoms with E-state index in [9.17, 15) is 0 Å². The third kappa shape index (κ3) is 8.22. The van der Waals surface area contributed by atoms with Crippen molar-refractivity contribution >= 4 is 96.1 Å². The summed E-state index contributed by atoms with van der Waals surface area (Å²) in [6.45, 7) is 34.8. The molecule has 5 heteroatoms. The second-order valence-corrected chi connectivity index (χ2v) is 26.5. The minimum atomic E-state index is -0.0634. The quantitative estimate of drug-likeness (QED) is 0.160. The molecule has 11 rings (SSSR count). The van der Waals surface area contributed by atoms with Gasteiger partial charge in [0.2, 0.25) is 0 Å². The highest BCUT2D eigenvalue weighted by atomic mass is 15.2. The van der Waals surface area contributed by atoms with Crippen molar-refractivity contribution in [1.82, 2.24) is 4.57 Å². The van der Waals surface area contributed by atoms with Crippen LogP contribution in [0.15, 0.2) is 164 Å². The molecule has 0 unspecified atom stereocenters. The van der Waals surface area contributed by atoms with Crippen molar-refractivity contribution in [2.45, 2.75) is 131 Å². The van der Waals surface area contributed by atoms with Gasteiger partial charge < -0.3 is 19.3 Å². The van der Waals surface area contributed by atoms with E-state index in [0.29, 0.717) is 0 Å². The maximum absolute atomic E-state index is 2.60. The smallest absolute Gasteiger partial charge is 0.252 e. The van der Waals surface area contributed by atoms with Crippen molar-refractivity contribution in [3.63, 3.8) is 0 Å². The van der Waals surface area contributed by atoms with Crippen LogP contribution in [-0.2, 0) is 34.1 Å². The number of nitrogens with zero attached hydrogens (tertiary/aromatic N) is 4. The van der Waals surface area contributed by atoms with E-state index in [4.69, 9.17) is 0 Å². The summed E-state index contributed by atoms with van der Waals surface area (Å²) in [4.78, 5) is 7.66. The van der Waals surface area contributed by atoms with Gasteiger partial charge in [0.05, 0.1) is 16.9 Å². The fraction of sp³-hybridized carbons (Fsp3) is 0.304. The van der Waals surface area contributed by atoms with Crippen molar-refractivity contribution in [2.75, 3.05) is 14.7 Å². The fourth-order valence-corrected chi connectivity index (χ4v) is 11.7. The third-order valence-electron chi connectivity index (χ3n) is 16.2. The Morgan fingerprint density at radius 1 is 0.365 bits per heavy atom. The Morgan fingerprint density at radius 2 is 0.784 bits per heavy atom. The number of aromatic nitrogens is 1. The molecule has 374 valence electrons. The zero-order valence-electron chi connectivity index (χ0n) is 47.0. The average molecular weight is 971 g/mol. The first-order valence-electron chi connectivity index (χ1n) is 26.9. The van der Waals surface area contributed by atoms with Crippen LogP contribution in [0.2, 0.25) is 0 Å². The number of anilines is 9. The lowest BCUT2D eigenvalue weighted by molar-refractivity contribution is 0.590. The molecule has 4 nitrogen and oxygen atoms in total. The number of para-hydroxylation sites is 1. The Bertz CT molecular complexity index is 3580. The van der Waals surface area contributed by atoms with E-state index in [0.717, 1.165) is 22.7 Å². The first-order chi connectivity index (χ1) is 34.8. The van der Waals surface area contributed by atoms with Crippen LogP contribution in [0.4, 0.5) is 51.2 Å². The molecule has 0 fully saturated rings. The molecular weight excluding hydrogens is 896 g/mol. The van der Waals surface area contributed by atoms with E-state index in [1.54, 1.807) is 0 Å². The molecule has 3 heterocycles. The third-order valence-corrected chi connectivity index (χ3v) is 16.2. The van der Waals surface area contributed by atoms with Gasteiger partial charge in [0.15, 0.2) is 0 Å². The molecule has 0 amide bonds. The number of aryl methyl sites for hydroxylation is 1. The number of hydrogen-bond acceptors (Lipinski definition) is 3. The topological polar surface area (TPSA) is 14.7 Å². The van der Waals surface area contributed by atoms with Crippen LogP contribution in [0.3, 0.4) is 0 Å². The van der Waals surface area contributed by atoms with E-state index in [-0.39, 0.29) is 33.8 Å². The first kappa shape index (κ1) is 49.2. The Labute approximate surface area is 442 Å². The molecule has 0 aliphatic carbocycles. The monoisotopic (exact) mass is 971 g/mol. The van der Waals surface area contributed by atoms with Gasteiger partial charge in [0, 0.05) is 63.1 Å². The predicted molar refractivity (Wildman–Crippen MR) is 323 cm³/mol. The highest BCUT2D eigenvalue weighted by Gasteiger charge is 2.44. The van der Waals surface area contributed by atoms with Gasteiger partial charge in [-0.25, -0.2) is 0 Å². The maximum Gasteiger partial charge on any atom is 0.252 e. The summed E-state index contributed by atoms with van der Waals surface area (Å²) in [5.74, 6) is 0. The van der Waals surface area contributed by atoms with Crippen molar-refractivity contribution in [3.05, 3.63) is 192 Å². The molecule has 0 saturated heterocycles. The van der Waals surface area contributed by atoms with Gasteiger partial charge in [-0.2, -0.15) is 0 Å². The standard InChI is InChI=1S/C69H75BN4/c1-65(2,3)44-24-32-49(33-25-44)72(50-34-26-45(27-35-50)66(4,5)6)62-43-52(42-61-63(62)53-20-17-18-21-56(53)71(61)16)74-58-39-31-48(69(13,14)15)41-55(58)70-54-40-47(68(10,11)12)30-38-57(54)73(59-22-19-23-60(74)64(59)70)51-36-28-46(29-37-51)67(7,8)9/h17-43H,1-16H3. The SMILES string of the molecule is Cn1c2ccccc2c2c(N(c3ccc(C(C)(C)C)cc3)c3ccc(C(C)(C)C)cc3)cc(N3c4ccc(C(C)(C)C)cc4B4c5cc(C(C)(C)C)ccc5N(c5ccc(C(C)(C)C)cc5)c5cccc3c54)cc21. The minimum absolute atomic E-state index is 0.00265. The van der Waals surface area contributed by atoms with Crippen LogP contribution in [0.5, 0.6) is 0 Å². The van der Waals surface area contributed by atoms with Gasteiger partial charge >= 0.3 is 0 Å². The molecule has 1 aromatic heterocycles.